The fourth-order valence-corrected chi connectivity index (χ4v) is 1.80. The predicted octanol–water partition coefficient (Wildman–Crippen LogP) is 4.34. The van der Waals surface area contributed by atoms with Gasteiger partial charge in [-0.3, -0.25) is 0 Å². The molecular formula is C12H5F5S. The van der Waals surface area contributed by atoms with Crippen LogP contribution in [0.1, 0.15) is 0 Å². The van der Waals surface area contributed by atoms with Gasteiger partial charge < -0.3 is 0 Å². The number of hydrogen-bond donors (Lipinski definition) is 1. The van der Waals surface area contributed by atoms with Crippen molar-refractivity contribution >= 4 is 12.6 Å². The largest absolute Gasteiger partial charge is 0.203 e. The van der Waals surface area contributed by atoms with Crippen molar-refractivity contribution in [2.75, 3.05) is 0 Å². The van der Waals surface area contributed by atoms with Crippen LogP contribution in [0.2, 0.25) is 0 Å². The molecule has 0 aliphatic heterocycles. The molecule has 2 rings (SSSR count). The van der Waals surface area contributed by atoms with Crippen LogP contribution in [0.15, 0.2) is 29.2 Å². The first-order valence-electron chi connectivity index (χ1n) is 4.75. The van der Waals surface area contributed by atoms with Crippen LogP contribution in [0.3, 0.4) is 0 Å². The molecule has 2 aromatic rings. The van der Waals surface area contributed by atoms with Crippen LogP contribution in [0.25, 0.3) is 11.1 Å². The highest BCUT2D eigenvalue weighted by molar-refractivity contribution is 7.80. The van der Waals surface area contributed by atoms with Gasteiger partial charge in [-0.2, -0.15) is 0 Å². The zero-order chi connectivity index (χ0) is 13.4. The standard InChI is InChI=1S/C12H5F5S/c13-8-7(5-3-1-2-4-6(5)18)9(14)11(16)12(17)10(8)15/h1-4,18H. The molecule has 6 heteroatoms. The Morgan fingerprint density at radius 3 is 1.61 bits per heavy atom. The second kappa shape index (κ2) is 4.61. The number of benzene rings is 2. The Kier molecular flexibility index (Phi) is 3.30. The van der Waals surface area contributed by atoms with Gasteiger partial charge in [-0.15, -0.1) is 12.6 Å². The van der Waals surface area contributed by atoms with Crippen molar-refractivity contribution in [3.05, 3.63) is 53.4 Å². The smallest absolute Gasteiger partial charge is 0.200 e. The third kappa shape index (κ3) is 1.86. The monoisotopic (exact) mass is 276 g/mol. The highest BCUT2D eigenvalue weighted by atomic mass is 32.1. The molecule has 0 aliphatic carbocycles. The van der Waals surface area contributed by atoms with Crippen molar-refractivity contribution in [1.29, 1.82) is 0 Å². The summed E-state index contributed by atoms with van der Waals surface area (Å²) in [5.41, 5.74) is -1.13. The molecule has 18 heavy (non-hydrogen) atoms. The first kappa shape index (κ1) is 12.9. The van der Waals surface area contributed by atoms with E-state index in [2.05, 4.69) is 12.6 Å². The normalized spacial score (nSPS) is 10.8. The van der Waals surface area contributed by atoms with E-state index >= 15 is 0 Å². The second-order valence-corrected chi connectivity index (χ2v) is 3.94. The number of hydrogen-bond acceptors (Lipinski definition) is 1. The van der Waals surface area contributed by atoms with Crippen LogP contribution >= 0.6 is 12.6 Å². The lowest BCUT2D eigenvalue weighted by Crippen LogP contribution is -2.04. The average molecular weight is 276 g/mol. The minimum absolute atomic E-state index is 0.112. The molecule has 0 aliphatic rings. The van der Waals surface area contributed by atoms with Gasteiger partial charge in [0, 0.05) is 10.5 Å². The van der Waals surface area contributed by atoms with Crippen LogP contribution in [0.4, 0.5) is 22.0 Å². The molecule has 0 saturated carbocycles. The molecule has 0 radical (unpaired) electrons. The first-order chi connectivity index (χ1) is 8.45. The molecule has 0 N–H and O–H groups in total. The van der Waals surface area contributed by atoms with Crippen LogP contribution in [0.5, 0.6) is 0 Å². The topological polar surface area (TPSA) is 0 Å². The molecule has 0 atom stereocenters. The maximum absolute atomic E-state index is 13.5. The molecule has 0 spiro atoms. The van der Waals surface area contributed by atoms with E-state index in [0.717, 1.165) is 0 Å². The summed E-state index contributed by atoms with van der Waals surface area (Å²) >= 11 is 3.93. The lowest BCUT2D eigenvalue weighted by Gasteiger charge is -2.10. The van der Waals surface area contributed by atoms with Crippen molar-refractivity contribution < 1.29 is 22.0 Å². The average Bonchev–Trinajstić information content (AvgIpc) is 2.36. The van der Waals surface area contributed by atoms with E-state index in [1.54, 1.807) is 0 Å². The highest BCUT2D eigenvalue weighted by Crippen LogP contribution is 2.34. The van der Waals surface area contributed by atoms with E-state index in [-0.39, 0.29) is 10.5 Å². The maximum atomic E-state index is 13.5. The van der Waals surface area contributed by atoms with E-state index in [1.807, 2.05) is 0 Å². The summed E-state index contributed by atoms with van der Waals surface area (Å²) in [6.07, 6.45) is 0. The van der Waals surface area contributed by atoms with Crippen LogP contribution in [-0.4, -0.2) is 0 Å². The van der Waals surface area contributed by atoms with Gasteiger partial charge in [0.25, 0.3) is 0 Å². The third-order valence-electron chi connectivity index (χ3n) is 2.38. The summed E-state index contributed by atoms with van der Waals surface area (Å²) < 4.78 is 66.0. The Hall–Kier alpha value is -1.56. The first-order valence-corrected chi connectivity index (χ1v) is 5.19. The Labute approximate surface area is 104 Å². The van der Waals surface area contributed by atoms with Gasteiger partial charge in [-0.25, -0.2) is 22.0 Å². The van der Waals surface area contributed by atoms with Crippen molar-refractivity contribution in [3.63, 3.8) is 0 Å². The summed E-state index contributed by atoms with van der Waals surface area (Å²) in [4.78, 5) is 0.112. The number of halogens is 5. The highest BCUT2D eigenvalue weighted by Gasteiger charge is 2.27. The fourth-order valence-electron chi connectivity index (χ4n) is 1.53. The summed E-state index contributed by atoms with van der Waals surface area (Å²) in [6, 6.07) is 5.54. The molecule has 0 aromatic heterocycles. The molecule has 0 amide bonds. The van der Waals surface area contributed by atoms with E-state index < -0.39 is 34.6 Å². The van der Waals surface area contributed by atoms with Gasteiger partial charge in [0.05, 0.1) is 5.56 Å². The molecule has 2 aromatic carbocycles. The van der Waals surface area contributed by atoms with E-state index in [9.17, 15) is 22.0 Å². The zero-order valence-electron chi connectivity index (χ0n) is 8.65. The van der Waals surface area contributed by atoms with Crippen molar-refractivity contribution in [1.82, 2.24) is 0 Å². The Balaban J connectivity index is 2.85. The molecule has 0 saturated heterocycles. The molecule has 94 valence electrons. The number of thiol groups is 1. The predicted molar refractivity (Wildman–Crippen MR) is 58.9 cm³/mol. The maximum Gasteiger partial charge on any atom is 0.200 e. The molecule has 0 fully saturated rings. The van der Waals surface area contributed by atoms with Crippen LogP contribution in [-0.2, 0) is 0 Å². The van der Waals surface area contributed by atoms with Crippen molar-refractivity contribution in [3.8, 4) is 11.1 Å². The Bertz CT molecular complexity index is 595. The molecule has 0 heterocycles. The molecular weight excluding hydrogens is 271 g/mol. The minimum Gasteiger partial charge on any atom is -0.203 e. The quantitative estimate of drug-likeness (QED) is 0.340. The second-order valence-electron chi connectivity index (χ2n) is 3.46. The SMILES string of the molecule is Fc1c(F)c(F)c(-c2ccccc2S)c(F)c1F. The Morgan fingerprint density at radius 2 is 1.11 bits per heavy atom. The third-order valence-corrected chi connectivity index (χ3v) is 2.77. The molecule has 0 unspecified atom stereocenters. The van der Waals surface area contributed by atoms with Gasteiger partial charge >= 0.3 is 0 Å². The zero-order valence-corrected chi connectivity index (χ0v) is 9.54. The summed E-state index contributed by atoms with van der Waals surface area (Å²) in [5.74, 6) is -9.85. The van der Waals surface area contributed by atoms with E-state index in [0.29, 0.717) is 0 Å². The van der Waals surface area contributed by atoms with Crippen molar-refractivity contribution in [2.45, 2.75) is 4.90 Å². The van der Waals surface area contributed by atoms with Gasteiger partial charge in [-0.1, -0.05) is 18.2 Å². The molecule has 0 bridgehead atoms. The van der Waals surface area contributed by atoms with Gasteiger partial charge in [0.1, 0.15) is 0 Å². The number of rotatable bonds is 1. The van der Waals surface area contributed by atoms with E-state index in [4.69, 9.17) is 0 Å². The van der Waals surface area contributed by atoms with Gasteiger partial charge in [0.15, 0.2) is 23.3 Å². The summed E-state index contributed by atoms with van der Waals surface area (Å²) in [6.45, 7) is 0. The van der Waals surface area contributed by atoms with Crippen molar-refractivity contribution in [2.24, 2.45) is 0 Å². The van der Waals surface area contributed by atoms with Gasteiger partial charge in [0.2, 0.25) is 5.82 Å². The Morgan fingerprint density at radius 1 is 0.667 bits per heavy atom. The van der Waals surface area contributed by atoms with Crippen LogP contribution < -0.4 is 0 Å². The summed E-state index contributed by atoms with van der Waals surface area (Å²) in [5, 5.41) is 0. The van der Waals surface area contributed by atoms with Gasteiger partial charge in [-0.05, 0) is 6.07 Å². The summed E-state index contributed by atoms with van der Waals surface area (Å²) in [7, 11) is 0. The minimum atomic E-state index is -2.18. The van der Waals surface area contributed by atoms with E-state index in [1.165, 1.54) is 24.3 Å². The molecule has 0 nitrogen and oxygen atoms in total. The lowest BCUT2D eigenvalue weighted by atomic mass is 10.0. The fraction of sp³-hybridized carbons (Fsp3) is 0. The lowest BCUT2D eigenvalue weighted by molar-refractivity contribution is 0.381. The van der Waals surface area contributed by atoms with Crippen LogP contribution in [0, 0.1) is 29.1 Å².